The third-order valence-corrected chi connectivity index (χ3v) is 7.30. The molecule has 2 rings (SSSR count). The van der Waals surface area contributed by atoms with Crippen molar-refractivity contribution in [3.05, 3.63) is 29.3 Å². The summed E-state index contributed by atoms with van der Waals surface area (Å²) >= 11 is 0. The first kappa shape index (κ1) is 31.8. The van der Waals surface area contributed by atoms with Gasteiger partial charge in [0.1, 0.15) is 0 Å². The molecule has 1 saturated heterocycles. The summed E-state index contributed by atoms with van der Waals surface area (Å²) in [7, 11) is -3.68. The van der Waals surface area contributed by atoms with Gasteiger partial charge in [-0.15, -0.1) is 0 Å². The standard InChI is InChI=1S/C21H35N3O4S.C2HF3O2/c1-17(2)28-15-5-11-24(12-8-21(25)23-13-9-22-10-14-23)29(26,27)20-7-6-18(3)16-19(20)4;3-2(4,5)1(6)7/h6-7,16-17,22H,5,8-15H2,1-4H3;(H,6,7). The first-order valence-electron chi connectivity index (χ1n) is 11.6. The molecule has 206 valence electrons. The van der Waals surface area contributed by atoms with E-state index in [0.717, 1.165) is 24.2 Å². The normalized spacial score (nSPS) is 14.5. The number of aryl methyl sites for hydroxylation is 2. The Bertz CT molecular complexity index is 964. The van der Waals surface area contributed by atoms with Crippen molar-refractivity contribution in [1.82, 2.24) is 14.5 Å². The van der Waals surface area contributed by atoms with Crippen LogP contribution in [0.3, 0.4) is 0 Å². The van der Waals surface area contributed by atoms with Gasteiger partial charge < -0.3 is 20.1 Å². The van der Waals surface area contributed by atoms with Gasteiger partial charge in [0.2, 0.25) is 15.9 Å². The minimum atomic E-state index is -5.08. The van der Waals surface area contributed by atoms with Gasteiger partial charge >= 0.3 is 12.1 Å². The highest BCUT2D eigenvalue weighted by molar-refractivity contribution is 7.89. The SMILES string of the molecule is Cc1ccc(S(=O)(=O)N(CCCOC(C)C)CCC(=O)N2CCNCC2)c(C)c1.O=C(O)C(F)(F)F. The molecule has 1 aromatic rings. The Balaban J connectivity index is 0.000000809. The number of amides is 1. The summed E-state index contributed by atoms with van der Waals surface area (Å²) in [4.78, 5) is 23.6. The molecule has 1 fully saturated rings. The molecule has 0 atom stereocenters. The van der Waals surface area contributed by atoms with Crippen LogP contribution < -0.4 is 5.32 Å². The fourth-order valence-electron chi connectivity index (χ4n) is 3.43. The van der Waals surface area contributed by atoms with E-state index in [-0.39, 0.29) is 25.0 Å². The van der Waals surface area contributed by atoms with Crippen molar-refractivity contribution in [1.29, 1.82) is 0 Å². The van der Waals surface area contributed by atoms with Crippen LogP contribution in [0.15, 0.2) is 23.1 Å². The van der Waals surface area contributed by atoms with Crippen LogP contribution in [-0.4, -0.2) is 92.8 Å². The van der Waals surface area contributed by atoms with E-state index in [1.165, 1.54) is 4.31 Å². The number of carbonyl (C=O) groups is 2. The highest BCUT2D eigenvalue weighted by Crippen LogP contribution is 2.22. The van der Waals surface area contributed by atoms with Crippen molar-refractivity contribution < 1.29 is 41.0 Å². The van der Waals surface area contributed by atoms with Crippen LogP contribution in [0.2, 0.25) is 0 Å². The number of carboxylic acid groups (broad SMARTS) is 1. The van der Waals surface area contributed by atoms with E-state index in [2.05, 4.69) is 5.32 Å². The lowest BCUT2D eigenvalue weighted by Gasteiger charge is -2.29. The first-order valence-corrected chi connectivity index (χ1v) is 13.1. The zero-order valence-corrected chi connectivity index (χ0v) is 21.9. The monoisotopic (exact) mass is 539 g/mol. The second-order valence-electron chi connectivity index (χ2n) is 8.63. The number of hydrogen-bond donors (Lipinski definition) is 2. The molecule has 0 radical (unpaired) electrons. The predicted octanol–water partition coefficient (Wildman–Crippen LogP) is 2.56. The Labute approximate surface area is 210 Å². The summed E-state index contributed by atoms with van der Waals surface area (Å²) in [6, 6.07) is 5.35. The summed E-state index contributed by atoms with van der Waals surface area (Å²) in [5, 5.41) is 10.3. The Kier molecular flexibility index (Phi) is 12.8. The molecule has 0 aliphatic carbocycles. The lowest BCUT2D eigenvalue weighted by atomic mass is 10.2. The van der Waals surface area contributed by atoms with E-state index >= 15 is 0 Å². The molecule has 13 heteroatoms. The number of sulfonamides is 1. The van der Waals surface area contributed by atoms with Crippen LogP contribution in [0.4, 0.5) is 13.2 Å². The summed E-state index contributed by atoms with van der Waals surface area (Å²) in [5.41, 5.74) is 1.74. The van der Waals surface area contributed by atoms with E-state index in [1.54, 1.807) is 11.0 Å². The Morgan fingerprint density at radius 3 is 2.25 bits per heavy atom. The van der Waals surface area contributed by atoms with E-state index < -0.39 is 22.2 Å². The van der Waals surface area contributed by atoms with Gasteiger partial charge in [0, 0.05) is 52.3 Å². The fourth-order valence-corrected chi connectivity index (χ4v) is 5.12. The number of aliphatic carboxylic acids is 1. The van der Waals surface area contributed by atoms with Gasteiger partial charge in [0.15, 0.2) is 0 Å². The van der Waals surface area contributed by atoms with Crippen LogP contribution in [-0.2, 0) is 24.3 Å². The quantitative estimate of drug-likeness (QED) is 0.439. The number of carbonyl (C=O) groups excluding carboxylic acids is 1. The lowest BCUT2D eigenvalue weighted by Crippen LogP contribution is -2.47. The number of hydrogen-bond acceptors (Lipinski definition) is 6. The maximum Gasteiger partial charge on any atom is 0.490 e. The van der Waals surface area contributed by atoms with Crippen molar-refractivity contribution >= 4 is 21.9 Å². The van der Waals surface area contributed by atoms with Crippen LogP contribution in [0.25, 0.3) is 0 Å². The van der Waals surface area contributed by atoms with Crippen LogP contribution >= 0.6 is 0 Å². The molecule has 1 amide bonds. The first-order chi connectivity index (χ1) is 16.7. The maximum atomic E-state index is 13.3. The lowest BCUT2D eigenvalue weighted by molar-refractivity contribution is -0.192. The summed E-state index contributed by atoms with van der Waals surface area (Å²) < 4.78 is 65.4. The minimum Gasteiger partial charge on any atom is -0.475 e. The molecule has 2 N–H and O–H groups in total. The summed E-state index contributed by atoms with van der Waals surface area (Å²) in [6.07, 6.45) is -4.20. The number of piperazine rings is 1. The third-order valence-electron chi connectivity index (χ3n) is 5.24. The molecule has 0 bridgehead atoms. The average Bonchev–Trinajstić information content (AvgIpc) is 2.78. The number of nitrogens with one attached hydrogen (secondary N) is 1. The molecule has 0 unspecified atom stereocenters. The zero-order valence-electron chi connectivity index (χ0n) is 21.1. The third kappa shape index (κ3) is 10.8. The predicted molar refractivity (Wildman–Crippen MR) is 128 cm³/mol. The van der Waals surface area contributed by atoms with Gasteiger partial charge in [-0.2, -0.15) is 17.5 Å². The second kappa shape index (κ2) is 14.5. The molecule has 0 spiro atoms. The summed E-state index contributed by atoms with van der Waals surface area (Å²) in [6.45, 7) is 11.6. The topological polar surface area (TPSA) is 116 Å². The molecule has 0 saturated carbocycles. The number of ether oxygens (including phenoxy) is 1. The average molecular weight is 540 g/mol. The number of nitrogens with zero attached hydrogens (tertiary/aromatic N) is 2. The van der Waals surface area contributed by atoms with Gasteiger partial charge in [0.25, 0.3) is 0 Å². The number of carboxylic acids is 1. The van der Waals surface area contributed by atoms with E-state index in [1.807, 2.05) is 39.8 Å². The number of halogens is 3. The summed E-state index contributed by atoms with van der Waals surface area (Å²) in [5.74, 6) is -2.75. The van der Waals surface area contributed by atoms with Crippen LogP contribution in [0, 0.1) is 13.8 Å². The molecular weight excluding hydrogens is 503 g/mol. The second-order valence-corrected chi connectivity index (χ2v) is 10.5. The Morgan fingerprint density at radius 1 is 1.17 bits per heavy atom. The van der Waals surface area contributed by atoms with E-state index in [0.29, 0.717) is 37.6 Å². The highest BCUT2D eigenvalue weighted by Gasteiger charge is 2.38. The smallest absolute Gasteiger partial charge is 0.475 e. The molecule has 1 heterocycles. The van der Waals surface area contributed by atoms with Crippen molar-refractivity contribution in [3.63, 3.8) is 0 Å². The maximum absolute atomic E-state index is 13.3. The van der Waals surface area contributed by atoms with Crippen LogP contribution in [0.5, 0.6) is 0 Å². The van der Waals surface area contributed by atoms with Gasteiger partial charge in [-0.1, -0.05) is 17.7 Å². The van der Waals surface area contributed by atoms with Crippen molar-refractivity contribution in [3.8, 4) is 0 Å². The Hall–Kier alpha value is -2.22. The van der Waals surface area contributed by atoms with Gasteiger partial charge in [0.05, 0.1) is 11.0 Å². The van der Waals surface area contributed by atoms with Crippen molar-refractivity contribution in [2.45, 2.75) is 57.7 Å². The van der Waals surface area contributed by atoms with Gasteiger partial charge in [-0.3, -0.25) is 4.79 Å². The molecule has 36 heavy (non-hydrogen) atoms. The largest absolute Gasteiger partial charge is 0.490 e. The molecule has 1 aliphatic rings. The Morgan fingerprint density at radius 2 is 1.75 bits per heavy atom. The number of benzene rings is 1. The molecule has 1 aliphatic heterocycles. The fraction of sp³-hybridized carbons (Fsp3) is 0.652. The minimum absolute atomic E-state index is 0.00533. The number of alkyl halides is 3. The number of rotatable bonds is 10. The molecule has 1 aromatic carbocycles. The van der Waals surface area contributed by atoms with E-state index in [9.17, 15) is 26.4 Å². The zero-order chi connectivity index (χ0) is 27.5. The van der Waals surface area contributed by atoms with Crippen molar-refractivity contribution in [2.75, 3.05) is 45.9 Å². The molecule has 9 nitrogen and oxygen atoms in total. The van der Waals surface area contributed by atoms with Gasteiger partial charge in [-0.05, 0) is 45.7 Å². The molecular formula is C23H36F3N3O6S. The van der Waals surface area contributed by atoms with Gasteiger partial charge in [-0.25, -0.2) is 13.2 Å². The van der Waals surface area contributed by atoms with Crippen LogP contribution in [0.1, 0.15) is 37.8 Å². The van der Waals surface area contributed by atoms with E-state index in [4.69, 9.17) is 14.6 Å². The van der Waals surface area contributed by atoms with Crippen molar-refractivity contribution in [2.24, 2.45) is 0 Å². The highest BCUT2D eigenvalue weighted by atomic mass is 32.2. The molecule has 0 aromatic heterocycles.